The predicted octanol–water partition coefficient (Wildman–Crippen LogP) is 0.719. The molecular weight excluding hydrogens is 282 g/mol. The highest BCUT2D eigenvalue weighted by Crippen LogP contribution is 2.10. The number of hydrogen-bond acceptors (Lipinski definition) is 8. The largest absolute Gasteiger partial charge is 0.460 e. The molecule has 0 saturated carbocycles. The van der Waals surface area contributed by atoms with Gasteiger partial charge in [-0.3, -0.25) is 4.79 Å². The molecular formula is C11H13N5O3S. The molecule has 0 spiro atoms. The van der Waals surface area contributed by atoms with Crippen LogP contribution in [-0.2, 0) is 11.3 Å². The minimum atomic E-state index is -0.667. The number of esters is 1. The second-order valence-corrected chi connectivity index (χ2v) is 5.03. The van der Waals surface area contributed by atoms with Crippen LogP contribution in [-0.4, -0.2) is 32.7 Å². The summed E-state index contributed by atoms with van der Waals surface area (Å²) in [6, 6.07) is 1.26. The summed E-state index contributed by atoms with van der Waals surface area (Å²) in [5.74, 6) is -0.514. The predicted molar refractivity (Wildman–Crippen MR) is 72.8 cm³/mol. The number of anilines is 1. The van der Waals surface area contributed by atoms with Crippen molar-refractivity contribution in [2.24, 2.45) is 0 Å². The van der Waals surface area contributed by atoms with Crippen LogP contribution in [0.2, 0.25) is 0 Å². The fraction of sp³-hybridized carbons (Fsp3) is 0.364. The lowest BCUT2D eigenvalue weighted by Crippen LogP contribution is -2.18. The van der Waals surface area contributed by atoms with Crippen molar-refractivity contribution in [3.05, 3.63) is 32.3 Å². The maximum atomic E-state index is 11.5. The molecule has 0 atom stereocenters. The maximum absolute atomic E-state index is 11.5. The van der Waals surface area contributed by atoms with E-state index in [2.05, 4.69) is 25.5 Å². The summed E-state index contributed by atoms with van der Waals surface area (Å²) in [7, 11) is 0. The zero-order valence-electron chi connectivity index (χ0n) is 11.0. The quantitative estimate of drug-likeness (QED) is 0.782. The van der Waals surface area contributed by atoms with E-state index < -0.39 is 11.5 Å². The topological polar surface area (TPSA) is 110 Å². The molecule has 0 radical (unpaired) electrons. The highest BCUT2D eigenvalue weighted by Gasteiger charge is 2.11. The summed E-state index contributed by atoms with van der Waals surface area (Å²) in [6.45, 7) is 4.12. The monoisotopic (exact) mass is 295 g/mol. The third kappa shape index (κ3) is 3.60. The minimum Gasteiger partial charge on any atom is -0.460 e. The van der Waals surface area contributed by atoms with Crippen molar-refractivity contribution in [3.8, 4) is 0 Å². The summed E-state index contributed by atoms with van der Waals surface area (Å²) >= 11 is 1.44. The zero-order valence-corrected chi connectivity index (χ0v) is 11.8. The van der Waals surface area contributed by atoms with Crippen LogP contribution in [0.4, 0.5) is 5.82 Å². The molecule has 20 heavy (non-hydrogen) atoms. The molecule has 0 amide bonds. The van der Waals surface area contributed by atoms with Crippen molar-refractivity contribution < 1.29 is 9.53 Å². The molecule has 2 heterocycles. The molecule has 2 aromatic rings. The molecule has 0 aliphatic rings. The van der Waals surface area contributed by atoms with Crippen molar-refractivity contribution in [2.45, 2.75) is 20.4 Å². The van der Waals surface area contributed by atoms with Crippen LogP contribution in [0.25, 0.3) is 0 Å². The normalized spacial score (nSPS) is 10.3. The van der Waals surface area contributed by atoms with Gasteiger partial charge in [0.05, 0.1) is 13.2 Å². The van der Waals surface area contributed by atoms with Gasteiger partial charge in [0.2, 0.25) is 5.82 Å². The van der Waals surface area contributed by atoms with Gasteiger partial charge < -0.3 is 15.0 Å². The lowest BCUT2D eigenvalue weighted by Gasteiger charge is -2.05. The first kappa shape index (κ1) is 14.1. The highest BCUT2D eigenvalue weighted by atomic mass is 32.1. The average molecular weight is 295 g/mol. The van der Waals surface area contributed by atoms with Crippen molar-refractivity contribution in [1.29, 1.82) is 0 Å². The van der Waals surface area contributed by atoms with Gasteiger partial charge in [-0.1, -0.05) is 11.3 Å². The molecule has 0 unspecified atom stereocenters. The molecule has 2 rings (SSSR count). The van der Waals surface area contributed by atoms with Gasteiger partial charge in [-0.25, -0.2) is 9.78 Å². The van der Waals surface area contributed by atoms with E-state index >= 15 is 0 Å². The van der Waals surface area contributed by atoms with Crippen LogP contribution >= 0.6 is 11.3 Å². The summed E-state index contributed by atoms with van der Waals surface area (Å²) < 4.78 is 4.78. The molecule has 0 aromatic carbocycles. The summed E-state index contributed by atoms with van der Waals surface area (Å²) in [5.41, 5.74) is -0.431. The van der Waals surface area contributed by atoms with E-state index in [4.69, 9.17) is 4.74 Å². The molecule has 2 aromatic heterocycles. The first-order chi connectivity index (χ1) is 9.58. The Morgan fingerprint density at radius 3 is 2.95 bits per heavy atom. The molecule has 0 aliphatic carbocycles. The van der Waals surface area contributed by atoms with Crippen LogP contribution in [0.5, 0.6) is 0 Å². The number of nitrogens with one attached hydrogen (secondary N) is 2. The molecule has 0 aliphatic heterocycles. The Hall–Kier alpha value is -2.29. The number of aryl methyl sites for hydroxylation is 1. The van der Waals surface area contributed by atoms with E-state index in [1.54, 1.807) is 6.92 Å². The first-order valence-corrected chi connectivity index (χ1v) is 6.71. The molecule has 0 bridgehead atoms. The van der Waals surface area contributed by atoms with Crippen molar-refractivity contribution in [1.82, 2.24) is 20.2 Å². The number of aromatic nitrogens is 4. The molecule has 2 N–H and O–H groups in total. The molecule has 106 valence electrons. The zero-order chi connectivity index (χ0) is 14.5. The highest BCUT2D eigenvalue weighted by molar-refractivity contribution is 7.11. The summed E-state index contributed by atoms with van der Waals surface area (Å²) in [4.78, 5) is 29.3. The van der Waals surface area contributed by atoms with Crippen LogP contribution in [0.3, 0.4) is 0 Å². The third-order valence-corrected chi connectivity index (χ3v) is 3.04. The minimum absolute atomic E-state index is 0.129. The number of carbonyl (C=O) groups excluding carboxylic acids is 1. The Morgan fingerprint density at radius 1 is 1.50 bits per heavy atom. The fourth-order valence-corrected chi connectivity index (χ4v) is 2.07. The Kier molecular flexibility index (Phi) is 4.41. The maximum Gasteiger partial charge on any atom is 0.374 e. The number of ether oxygens (including phenoxy) is 1. The molecule has 9 heteroatoms. The standard InChI is InChI=1S/C11H13N5O3S/c1-3-19-11(18)10-13-7(4-8(17)14-10)12-5-9-16-15-6(2)20-9/h4H,3,5H2,1-2H3,(H2,12,13,14,17). The lowest BCUT2D eigenvalue weighted by atomic mass is 10.5. The SMILES string of the molecule is CCOC(=O)c1nc(NCc2nnc(C)s2)cc(=O)[nH]1. The second-order valence-electron chi connectivity index (χ2n) is 3.77. The van der Waals surface area contributed by atoms with Gasteiger partial charge in [0.1, 0.15) is 15.8 Å². The van der Waals surface area contributed by atoms with Crippen LogP contribution in [0.15, 0.2) is 10.9 Å². The Balaban J connectivity index is 2.11. The number of rotatable bonds is 5. The van der Waals surface area contributed by atoms with Crippen molar-refractivity contribution in [3.63, 3.8) is 0 Å². The van der Waals surface area contributed by atoms with E-state index in [1.165, 1.54) is 17.4 Å². The van der Waals surface area contributed by atoms with E-state index in [1.807, 2.05) is 6.92 Å². The number of nitrogens with zero attached hydrogens (tertiary/aromatic N) is 3. The number of H-pyrrole nitrogens is 1. The van der Waals surface area contributed by atoms with Gasteiger partial charge >= 0.3 is 5.97 Å². The number of carbonyl (C=O) groups is 1. The van der Waals surface area contributed by atoms with Gasteiger partial charge in [0, 0.05) is 6.07 Å². The average Bonchev–Trinajstić information content (AvgIpc) is 2.82. The van der Waals surface area contributed by atoms with Gasteiger partial charge in [-0.15, -0.1) is 10.2 Å². The summed E-state index contributed by atoms with van der Waals surface area (Å²) in [5, 5.41) is 12.4. The van der Waals surface area contributed by atoms with Gasteiger partial charge in [-0.05, 0) is 13.8 Å². The van der Waals surface area contributed by atoms with E-state index in [0.29, 0.717) is 6.54 Å². The first-order valence-electron chi connectivity index (χ1n) is 5.90. The summed E-state index contributed by atoms with van der Waals surface area (Å²) in [6.07, 6.45) is 0. The van der Waals surface area contributed by atoms with E-state index in [9.17, 15) is 9.59 Å². The van der Waals surface area contributed by atoms with Crippen molar-refractivity contribution in [2.75, 3.05) is 11.9 Å². The van der Waals surface area contributed by atoms with E-state index in [0.717, 1.165) is 10.0 Å². The smallest absolute Gasteiger partial charge is 0.374 e. The Labute approximate surface area is 118 Å². The molecule has 0 fully saturated rings. The third-order valence-electron chi connectivity index (χ3n) is 2.20. The van der Waals surface area contributed by atoms with Crippen LogP contribution in [0.1, 0.15) is 27.6 Å². The fourth-order valence-electron chi connectivity index (χ4n) is 1.42. The van der Waals surface area contributed by atoms with Gasteiger partial charge in [0.25, 0.3) is 5.56 Å². The lowest BCUT2D eigenvalue weighted by molar-refractivity contribution is 0.0511. The second kappa shape index (κ2) is 6.24. The van der Waals surface area contributed by atoms with Crippen LogP contribution in [0, 0.1) is 6.92 Å². The van der Waals surface area contributed by atoms with Gasteiger partial charge in [0.15, 0.2) is 0 Å². The van der Waals surface area contributed by atoms with Gasteiger partial charge in [-0.2, -0.15) is 0 Å². The Bertz CT molecular complexity index is 666. The molecule has 8 nitrogen and oxygen atoms in total. The van der Waals surface area contributed by atoms with Crippen LogP contribution < -0.4 is 10.9 Å². The molecule has 0 saturated heterocycles. The number of hydrogen-bond donors (Lipinski definition) is 2. The number of aromatic amines is 1. The van der Waals surface area contributed by atoms with Crippen molar-refractivity contribution >= 4 is 23.1 Å². The Morgan fingerprint density at radius 2 is 2.30 bits per heavy atom. The van der Waals surface area contributed by atoms with E-state index in [-0.39, 0.29) is 18.2 Å².